The van der Waals surface area contributed by atoms with Crippen LogP contribution in [0.4, 0.5) is 0 Å². The third-order valence-electron chi connectivity index (χ3n) is 1.88. The summed E-state index contributed by atoms with van der Waals surface area (Å²) in [5.74, 6) is -0.0723. The molecule has 0 N–H and O–H groups in total. The van der Waals surface area contributed by atoms with Crippen molar-refractivity contribution in [3.8, 4) is 0 Å². The van der Waals surface area contributed by atoms with Crippen molar-refractivity contribution in [3.63, 3.8) is 0 Å². The second-order valence-electron chi connectivity index (χ2n) is 2.81. The lowest BCUT2D eigenvalue weighted by Crippen LogP contribution is -2.17. The second kappa shape index (κ2) is 2.53. The summed E-state index contributed by atoms with van der Waals surface area (Å²) in [4.78, 5) is 11.4. The molecule has 0 spiro atoms. The number of hydrogen-bond donors (Lipinski definition) is 0. The molecule has 2 unspecified atom stereocenters. The van der Waals surface area contributed by atoms with Crippen molar-refractivity contribution in [2.45, 2.75) is 25.1 Å². The van der Waals surface area contributed by atoms with Gasteiger partial charge in [-0.15, -0.1) is 0 Å². The van der Waals surface area contributed by atoms with Gasteiger partial charge in [0.15, 0.2) is 0 Å². The summed E-state index contributed by atoms with van der Waals surface area (Å²) >= 11 is 3.37. The molecule has 1 fully saturated rings. The van der Waals surface area contributed by atoms with Crippen LogP contribution in [0.1, 0.15) is 20.3 Å². The zero-order valence-corrected chi connectivity index (χ0v) is 7.77. The van der Waals surface area contributed by atoms with Crippen LogP contribution in [0, 0.1) is 5.41 Å². The van der Waals surface area contributed by atoms with Gasteiger partial charge < -0.3 is 4.74 Å². The van der Waals surface area contributed by atoms with Gasteiger partial charge in [-0.05, 0) is 20.3 Å². The van der Waals surface area contributed by atoms with Crippen molar-refractivity contribution < 1.29 is 9.53 Å². The minimum absolute atomic E-state index is 0.0723. The number of carbonyl (C=O) groups is 1. The fourth-order valence-corrected chi connectivity index (χ4v) is 1.68. The first-order valence-corrected chi connectivity index (χ1v) is 4.34. The largest absolute Gasteiger partial charge is 0.466 e. The van der Waals surface area contributed by atoms with Gasteiger partial charge in [-0.1, -0.05) is 15.9 Å². The van der Waals surface area contributed by atoms with Crippen LogP contribution >= 0.6 is 15.9 Å². The summed E-state index contributed by atoms with van der Waals surface area (Å²) in [6, 6.07) is 0. The van der Waals surface area contributed by atoms with E-state index in [1.54, 1.807) is 0 Å². The summed E-state index contributed by atoms with van der Waals surface area (Å²) in [5.41, 5.74) is -0.226. The Hall–Kier alpha value is -0.0500. The van der Waals surface area contributed by atoms with Gasteiger partial charge in [0.25, 0.3) is 0 Å². The third-order valence-corrected chi connectivity index (χ3v) is 3.21. The molecule has 0 saturated heterocycles. The van der Waals surface area contributed by atoms with Crippen LogP contribution in [0.3, 0.4) is 0 Å². The summed E-state index contributed by atoms with van der Waals surface area (Å²) < 4.78 is 4.87. The maximum atomic E-state index is 11.1. The average Bonchev–Trinajstić information content (AvgIpc) is 2.43. The zero-order valence-electron chi connectivity index (χ0n) is 6.19. The molecular weight excluding hydrogens is 196 g/mol. The van der Waals surface area contributed by atoms with Crippen LogP contribution < -0.4 is 0 Å². The molecule has 0 aromatic rings. The minimum Gasteiger partial charge on any atom is -0.466 e. The molecule has 0 aromatic carbocycles. The normalized spacial score (nSPS) is 37.3. The highest BCUT2D eigenvalue weighted by Gasteiger charge is 2.55. The van der Waals surface area contributed by atoms with Gasteiger partial charge in [-0.25, -0.2) is 0 Å². The Balaban J connectivity index is 2.43. The fourth-order valence-electron chi connectivity index (χ4n) is 0.821. The van der Waals surface area contributed by atoms with E-state index in [4.69, 9.17) is 4.74 Å². The van der Waals surface area contributed by atoms with E-state index in [2.05, 4.69) is 15.9 Å². The van der Waals surface area contributed by atoms with Crippen LogP contribution in [0.5, 0.6) is 0 Å². The Morgan fingerprint density at radius 2 is 2.40 bits per heavy atom. The van der Waals surface area contributed by atoms with Crippen molar-refractivity contribution in [3.05, 3.63) is 0 Å². The quantitative estimate of drug-likeness (QED) is 0.509. The summed E-state index contributed by atoms with van der Waals surface area (Å²) in [7, 11) is 0. The van der Waals surface area contributed by atoms with E-state index in [1.807, 2.05) is 13.8 Å². The van der Waals surface area contributed by atoms with Gasteiger partial charge in [0, 0.05) is 4.83 Å². The van der Waals surface area contributed by atoms with E-state index >= 15 is 0 Å². The first kappa shape index (κ1) is 8.05. The lowest BCUT2D eigenvalue weighted by molar-refractivity contribution is -0.148. The average molecular weight is 207 g/mol. The van der Waals surface area contributed by atoms with Gasteiger partial charge in [0.1, 0.15) is 0 Å². The Kier molecular flexibility index (Phi) is 2.04. The number of rotatable bonds is 2. The molecule has 0 heterocycles. The monoisotopic (exact) mass is 206 g/mol. The molecule has 0 bridgehead atoms. The number of hydrogen-bond acceptors (Lipinski definition) is 2. The number of carbonyl (C=O) groups excluding carboxylic acids is 1. The highest BCUT2D eigenvalue weighted by Crippen LogP contribution is 2.51. The second-order valence-corrected chi connectivity index (χ2v) is 3.91. The molecule has 1 aliphatic rings. The van der Waals surface area contributed by atoms with Crippen LogP contribution in [0.2, 0.25) is 0 Å². The summed E-state index contributed by atoms with van der Waals surface area (Å²) in [6.07, 6.45) is 0.909. The first-order valence-electron chi connectivity index (χ1n) is 3.42. The van der Waals surface area contributed by atoms with Crippen molar-refractivity contribution in [1.82, 2.24) is 0 Å². The number of ether oxygens (including phenoxy) is 1. The van der Waals surface area contributed by atoms with Gasteiger partial charge in [0.05, 0.1) is 12.0 Å². The SMILES string of the molecule is CCOC(=O)C1(C)CC1Br. The molecule has 2 atom stereocenters. The number of alkyl halides is 1. The zero-order chi connectivity index (χ0) is 7.78. The number of halogens is 1. The van der Waals surface area contributed by atoms with Crippen LogP contribution in [0.15, 0.2) is 0 Å². The summed E-state index contributed by atoms with van der Waals surface area (Å²) in [6.45, 7) is 4.23. The van der Waals surface area contributed by atoms with E-state index in [9.17, 15) is 4.79 Å². The smallest absolute Gasteiger partial charge is 0.312 e. The van der Waals surface area contributed by atoms with Gasteiger partial charge in [-0.3, -0.25) is 4.79 Å². The molecule has 0 aliphatic heterocycles. The summed E-state index contributed by atoms with van der Waals surface area (Å²) in [5, 5.41) is 0. The third kappa shape index (κ3) is 1.19. The molecule has 1 saturated carbocycles. The first-order chi connectivity index (χ1) is 4.61. The van der Waals surface area contributed by atoms with E-state index < -0.39 is 0 Å². The minimum atomic E-state index is -0.226. The standard InChI is InChI=1S/C7H11BrO2/c1-3-10-6(9)7(2)4-5(7)8/h5H,3-4H2,1-2H3. The lowest BCUT2D eigenvalue weighted by Gasteiger charge is -2.06. The van der Waals surface area contributed by atoms with Crippen molar-refractivity contribution in [2.75, 3.05) is 6.61 Å². The van der Waals surface area contributed by atoms with E-state index in [1.165, 1.54) is 0 Å². The molecule has 1 rings (SSSR count). The van der Waals surface area contributed by atoms with Crippen molar-refractivity contribution in [2.24, 2.45) is 5.41 Å². The van der Waals surface area contributed by atoms with Crippen molar-refractivity contribution in [1.29, 1.82) is 0 Å². The Labute approximate surface area is 69.1 Å². The lowest BCUT2D eigenvalue weighted by atomic mass is 10.1. The van der Waals surface area contributed by atoms with Gasteiger partial charge in [-0.2, -0.15) is 0 Å². The topological polar surface area (TPSA) is 26.3 Å². The Morgan fingerprint density at radius 1 is 1.90 bits per heavy atom. The van der Waals surface area contributed by atoms with E-state index in [0.29, 0.717) is 11.4 Å². The molecule has 0 radical (unpaired) electrons. The highest BCUT2D eigenvalue weighted by atomic mass is 79.9. The molecule has 0 aromatic heterocycles. The maximum absolute atomic E-state index is 11.1. The molecule has 1 aliphatic carbocycles. The van der Waals surface area contributed by atoms with Gasteiger partial charge >= 0.3 is 5.97 Å². The molecule has 3 heteroatoms. The molecule has 10 heavy (non-hydrogen) atoms. The predicted octanol–water partition coefficient (Wildman–Crippen LogP) is 1.72. The van der Waals surface area contributed by atoms with E-state index in [-0.39, 0.29) is 11.4 Å². The maximum Gasteiger partial charge on any atom is 0.312 e. The van der Waals surface area contributed by atoms with E-state index in [0.717, 1.165) is 6.42 Å². The fraction of sp³-hybridized carbons (Fsp3) is 0.857. The predicted molar refractivity (Wildman–Crippen MR) is 42.1 cm³/mol. The molecule has 0 amide bonds. The Morgan fingerprint density at radius 3 is 2.70 bits per heavy atom. The van der Waals surface area contributed by atoms with Crippen molar-refractivity contribution >= 4 is 21.9 Å². The molecular formula is C7H11BrO2. The van der Waals surface area contributed by atoms with Crippen LogP contribution in [0.25, 0.3) is 0 Å². The van der Waals surface area contributed by atoms with Crippen LogP contribution in [-0.2, 0) is 9.53 Å². The molecule has 58 valence electrons. The molecule has 2 nitrogen and oxygen atoms in total. The Bertz CT molecular complexity index is 158. The van der Waals surface area contributed by atoms with Crippen LogP contribution in [-0.4, -0.2) is 17.4 Å². The highest BCUT2D eigenvalue weighted by molar-refractivity contribution is 9.09. The van der Waals surface area contributed by atoms with Gasteiger partial charge in [0.2, 0.25) is 0 Å². The number of esters is 1.